The Kier molecular flexibility index (Phi) is 7.68. The largest absolute Gasteiger partial charge is 0.468 e. The molecular weight excluding hydrogens is 482 g/mol. The number of hydrogen-bond acceptors (Lipinski definition) is 9. The second-order valence-electron chi connectivity index (χ2n) is 8.88. The smallest absolute Gasteiger partial charge is 0.336 e. The maximum Gasteiger partial charge on any atom is 0.336 e. The van der Waals surface area contributed by atoms with E-state index in [4.69, 9.17) is 13.9 Å². The Morgan fingerprint density at radius 3 is 2.69 bits per heavy atom. The standard InChI is InChI=1S/C27H29NO7S/c1-5-36-11-10-34-27(32)21-15(3)28-18-12-14(2)20(26(31)33-4)25(30)23(18)22(21)17-13-35-19-9-7-6-8-16(19)24(17)29/h6-9,13-14,20,22,28H,5,10-12H2,1-4H3/t14-,20-,22-/m1/s1. The van der Waals surface area contributed by atoms with Crippen molar-refractivity contribution in [3.05, 3.63) is 68.9 Å². The van der Waals surface area contributed by atoms with Crippen LogP contribution in [-0.4, -0.2) is 42.9 Å². The second-order valence-corrected chi connectivity index (χ2v) is 10.3. The van der Waals surface area contributed by atoms with Crippen molar-refractivity contribution in [2.45, 2.75) is 33.1 Å². The number of Topliss-reactive ketones (excluding diaryl/α,β-unsaturated/α-hetero) is 1. The minimum absolute atomic E-state index is 0.142. The van der Waals surface area contributed by atoms with Crippen molar-refractivity contribution in [1.29, 1.82) is 0 Å². The molecule has 4 rings (SSSR count). The minimum atomic E-state index is -1.04. The van der Waals surface area contributed by atoms with E-state index in [-0.39, 0.29) is 34.7 Å². The Morgan fingerprint density at radius 2 is 1.97 bits per heavy atom. The van der Waals surface area contributed by atoms with Gasteiger partial charge in [-0.25, -0.2) is 4.79 Å². The van der Waals surface area contributed by atoms with E-state index in [1.54, 1.807) is 49.9 Å². The molecule has 1 N–H and O–H groups in total. The van der Waals surface area contributed by atoms with E-state index in [9.17, 15) is 19.2 Å². The number of nitrogens with one attached hydrogen (secondary N) is 1. The van der Waals surface area contributed by atoms with E-state index in [0.29, 0.717) is 34.5 Å². The molecule has 9 heteroatoms. The SMILES string of the molecule is CCSCCOC(=O)C1=C(C)NC2=C(C(=O)[C@H](C(=O)OC)[C@H](C)C2)[C@@H]1c1coc2ccccc2c1=O. The van der Waals surface area contributed by atoms with Crippen molar-refractivity contribution in [3.8, 4) is 0 Å². The highest BCUT2D eigenvalue weighted by molar-refractivity contribution is 7.99. The minimum Gasteiger partial charge on any atom is -0.468 e. The molecule has 0 saturated heterocycles. The van der Waals surface area contributed by atoms with Gasteiger partial charge in [0.15, 0.2) is 11.2 Å². The van der Waals surface area contributed by atoms with Crippen molar-refractivity contribution in [2.24, 2.45) is 11.8 Å². The molecule has 0 amide bonds. The number of benzene rings is 1. The molecule has 1 aromatic carbocycles. The van der Waals surface area contributed by atoms with Crippen molar-refractivity contribution in [1.82, 2.24) is 5.32 Å². The van der Waals surface area contributed by atoms with E-state index >= 15 is 0 Å². The average molecular weight is 512 g/mol. The quantitative estimate of drug-likeness (QED) is 0.338. The van der Waals surface area contributed by atoms with Gasteiger partial charge in [0.1, 0.15) is 18.1 Å². The van der Waals surface area contributed by atoms with Crippen LogP contribution in [0, 0.1) is 11.8 Å². The van der Waals surface area contributed by atoms with Crippen LogP contribution >= 0.6 is 11.8 Å². The molecule has 3 atom stereocenters. The first kappa shape index (κ1) is 25.8. The Morgan fingerprint density at radius 1 is 1.22 bits per heavy atom. The lowest BCUT2D eigenvalue weighted by molar-refractivity contribution is -0.151. The van der Waals surface area contributed by atoms with Gasteiger partial charge < -0.3 is 19.2 Å². The van der Waals surface area contributed by atoms with Gasteiger partial charge in [0.05, 0.1) is 30.3 Å². The van der Waals surface area contributed by atoms with Crippen LogP contribution in [0.2, 0.25) is 0 Å². The molecule has 2 aromatic rings. The Bertz CT molecular complexity index is 1340. The lowest BCUT2D eigenvalue weighted by Crippen LogP contribution is -2.44. The van der Waals surface area contributed by atoms with Gasteiger partial charge in [0.25, 0.3) is 0 Å². The number of para-hydroxylation sites is 1. The summed E-state index contributed by atoms with van der Waals surface area (Å²) in [4.78, 5) is 53.3. The first-order valence-electron chi connectivity index (χ1n) is 11.9. The molecule has 2 aliphatic rings. The Balaban J connectivity index is 1.88. The number of fused-ring (bicyclic) bond motifs is 1. The normalized spacial score (nSPS) is 21.8. The summed E-state index contributed by atoms with van der Waals surface area (Å²) >= 11 is 1.63. The fourth-order valence-corrected chi connectivity index (χ4v) is 5.46. The van der Waals surface area contributed by atoms with Gasteiger partial charge >= 0.3 is 11.9 Å². The molecule has 0 bridgehead atoms. The number of ketones is 1. The van der Waals surface area contributed by atoms with Crippen LogP contribution in [0.5, 0.6) is 0 Å². The molecule has 1 aliphatic heterocycles. The summed E-state index contributed by atoms with van der Waals surface area (Å²) in [6.45, 7) is 5.73. The molecule has 36 heavy (non-hydrogen) atoms. The van der Waals surface area contributed by atoms with E-state index in [0.717, 1.165) is 5.75 Å². The van der Waals surface area contributed by atoms with Gasteiger partial charge in [-0.2, -0.15) is 11.8 Å². The number of esters is 2. The molecule has 0 unspecified atom stereocenters. The number of thioether (sulfide) groups is 1. The number of methoxy groups -OCH3 is 1. The van der Waals surface area contributed by atoms with Crippen molar-refractivity contribution in [2.75, 3.05) is 25.2 Å². The van der Waals surface area contributed by atoms with Crippen LogP contribution < -0.4 is 10.7 Å². The van der Waals surface area contributed by atoms with Gasteiger partial charge in [-0.1, -0.05) is 26.0 Å². The molecular formula is C27H29NO7S. The van der Waals surface area contributed by atoms with E-state index in [1.165, 1.54) is 13.4 Å². The number of hydrogen-bond donors (Lipinski definition) is 1. The van der Waals surface area contributed by atoms with E-state index in [1.807, 2.05) is 6.92 Å². The highest BCUT2D eigenvalue weighted by Gasteiger charge is 2.48. The van der Waals surface area contributed by atoms with Crippen LogP contribution in [0.25, 0.3) is 11.0 Å². The third kappa shape index (κ3) is 4.59. The lowest BCUT2D eigenvalue weighted by Gasteiger charge is -2.37. The molecule has 1 aromatic heterocycles. The molecule has 8 nitrogen and oxygen atoms in total. The van der Waals surface area contributed by atoms with Gasteiger partial charge in [0.2, 0.25) is 0 Å². The zero-order chi connectivity index (χ0) is 26.0. The highest BCUT2D eigenvalue weighted by Crippen LogP contribution is 2.45. The monoisotopic (exact) mass is 511 g/mol. The number of allylic oxidation sites excluding steroid dienone is 3. The Hall–Kier alpha value is -3.33. The first-order chi connectivity index (χ1) is 17.3. The molecule has 0 spiro atoms. The summed E-state index contributed by atoms with van der Waals surface area (Å²) in [7, 11) is 1.24. The van der Waals surface area contributed by atoms with Crippen molar-refractivity contribution < 1.29 is 28.3 Å². The summed E-state index contributed by atoms with van der Waals surface area (Å²) < 4.78 is 16.2. The topological polar surface area (TPSA) is 112 Å². The van der Waals surface area contributed by atoms with Gasteiger partial charge in [0, 0.05) is 28.3 Å². The highest BCUT2D eigenvalue weighted by atomic mass is 32.2. The predicted octanol–water partition coefficient (Wildman–Crippen LogP) is 3.70. The van der Waals surface area contributed by atoms with Crippen LogP contribution in [0.4, 0.5) is 0 Å². The summed E-state index contributed by atoms with van der Waals surface area (Å²) in [6.07, 6.45) is 1.68. The second kappa shape index (κ2) is 10.7. The van der Waals surface area contributed by atoms with Crippen LogP contribution in [-0.2, 0) is 23.9 Å². The van der Waals surface area contributed by atoms with E-state index < -0.39 is 29.6 Å². The number of carbonyl (C=O) groups is 3. The third-order valence-electron chi connectivity index (χ3n) is 6.65. The Labute approximate surface area is 213 Å². The zero-order valence-corrected chi connectivity index (χ0v) is 21.5. The maximum atomic E-state index is 13.8. The molecule has 0 radical (unpaired) electrons. The summed E-state index contributed by atoms with van der Waals surface area (Å²) in [5.41, 5.74) is 1.62. The third-order valence-corrected chi connectivity index (χ3v) is 7.51. The summed E-state index contributed by atoms with van der Waals surface area (Å²) in [5.74, 6) is -2.63. The molecule has 1 aliphatic carbocycles. The van der Waals surface area contributed by atoms with Gasteiger partial charge in [-0.05, 0) is 37.1 Å². The van der Waals surface area contributed by atoms with Gasteiger partial charge in [-0.3, -0.25) is 14.4 Å². The maximum absolute atomic E-state index is 13.8. The number of ether oxygens (including phenoxy) is 2. The summed E-state index contributed by atoms with van der Waals surface area (Å²) in [5, 5.41) is 3.53. The fraction of sp³-hybridized carbons (Fsp3) is 0.407. The number of dihydropyridines is 1. The van der Waals surface area contributed by atoms with Crippen LogP contribution in [0.1, 0.15) is 38.7 Å². The van der Waals surface area contributed by atoms with Crippen molar-refractivity contribution >= 4 is 40.5 Å². The zero-order valence-electron chi connectivity index (χ0n) is 20.7. The number of rotatable bonds is 7. The van der Waals surface area contributed by atoms with Crippen LogP contribution in [0.3, 0.4) is 0 Å². The first-order valence-corrected chi connectivity index (χ1v) is 13.0. The molecule has 2 heterocycles. The fourth-order valence-electron chi connectivity index (χ4n) is 4.97. The van der Waals surface area contributed by atoms with E-state index in [2.05, 4.69) is 5.32 Å². The van der Waals surface area contributed by atoms with Crippen LogP contribution in [0.15, 0.2) is 62.3 Å². The molecule has 190 valence electrons. The summed E-state index contributed by atoms with van der Waals surface area (Å²) in [6, 6.07) is 6.79. The average Bonchev–Trinajstić information content (AvgIpc) is 2.86. The number of carbonyl (C=O) groups excluding carboxylic acids is 3. The molecule has 0 fully saturated rings. The lowest BCUT2D eigenvalue weighted by atomic mass is 9.69. The van der Waals surface area contributed by atoms with Crippen molar-refractivity contribution in [3.63, 3.8) is 0 Å². The predicted molar refractivity (Wildman–Crippen MR) is 136 cm³/mol. The molecule has 0 saturated carbocycles. The van der Waals surface area contributed by atoms with Gasteiger partial charge in [-0.15, -0.1) is 0 Å².